The lowest BCUT2D eigenvalue weighted by Gasteiger charge is -2.35. The Bertz CT molecular complexity index is 466. The average molecular weight is 374 g/mol. The van der Waals surface area contributed by atoms with Crippen molar-refractivity contribution >= 4 is 36.4 Å². The molecule has 1 saturated heterocycles. The highest BCUT2D eigenvalue weighted by molar-refractivity contribution is 5.85. The van der Waals surface area contributed by atoms with Crippen molar-refractivity contribution in [3.8, 4) is 0 Å². The molecule has 1 aromatic rings. The van der Waals surface area contributed by atoms with Gasteiger partial charge in [0.2, 0.25) is 5.91 Å². The van der Waals surface area contributed by atoms with Crippen molar-refractivity contribution in [2.45, 2.75) is 6.18 Å². The molecule has 1 aromatic carbocycles. The van der Waals surface area contributed by atoms with Crippen LogP contribution in [0.25, 0.3) is 0 Å². The Balaban J connectivity index is 0.00000242. The van der Waals surface area contributed by atoms with Crippen LogP contribution in [0.3, 0.4) is 0 Å². The molecule has 0 spiro atoms. The molecule has 132 valence electrons. The van der Waals surface area contributed by atoms with E-state index in [2.05, 4.69) is 5.32 Å². The fourth-order valence-corrected chi connectivity index (χ4v) is 2.25. The zero-order valence-electron chi connectivity index (χ0n) is 12.4. The number of nitrogens with zero attached hydrogens (tertiary/aromatic N) is 2. The number of halogens is 5. The third-order valence-corrected chi connectivity index (χ3v) is 3.35. The van der Waals surface area contributed by atoms with Gasteiger partial charge in [0.1, 0.15) is 0 Å². The third kappa shape index (κ3) is 7.76. The Kier molecular flexibility index (Phi) is 9.34. The highest BCUT2D eigenvalue weighted by atomic mass is 35.5. The Morgan fingerprint density at radius 1 is 1.04 bits per heavy atom. The van der Waals surface area contributed by atoms with E-state index in [1.807, 2.05) is 30.3 Å². The van der Waals surface area contributed by atoms with Crippen LogP contribution < -0.4 is 5.32 Å². The molecule has 1 aliphatic rings. The summed E-state index contributed by atoms with van der Waals surface area (Å²) in [5, 5.41) is 3.01. The monoisotopic (exact) mass is 373 g/mol. The summed E-state index contributed by atoms with van der Waals surface area (Å²) in [7, 11) is 0. The van der Waals surface area contributed by atoms with E-state index in [1.165, 1.54) is 4.90 Å². The molecule has 0 radical (unpaired) electrons. The minimum atomic E-state index is -4.18. The number of para-hydroxylation sites is 1. The van der Waals surface area contributed by atoms with Gasteiger partial charge in [0.05, 0.1) is 13.1 Å². The molecule has 1 N–H and O–H groups in total. The van der Waals surface area contributed by atoms with Crippen LogP contribution >= 0.6 is 24.8 Å². The van der Waals surface area contributed by atoms with E-state index >= 15 is 0 Å². The number of amides is 1. The third-order valence-electron chi connectivity index (χ3n) is 3.35. The molecular formula is C14H20Cl2F3N3O. The zero-order chi connectivity index (χ0) is 15.3. The van der Waals surface area contributed by atoms with Crippen LogP contribution in [-0.2, 0) is 4.79 Å². The van der Waals surface area contributed by atoms with E-state index < -0.39 is 12.7 Å². The molecule has 1 fully saturated rings. The minimum absolute atomic E-state index is 0. The Morgan fingerprint density at radius 3 is 2.13 bits per heavy atom. The number of carbonyl (C=O) groups excluding carboxylic acids is 1. The van der Waals surface area contributed by atoms with Gasteiger partial charge in [0, 0.05) is 31.9 Å². The summed E-state index contributed by atoms with van der Waals surface area (Å²) >= 11 is 0. The lowest BCUT2D eigenvalue weighted by atomic mass is 10.3. The number of piperazine rings is 1. The average Bonchev–Trinajstić information content (AvgIpc) is 2.45. The first-order valence-corrected chi connectivity index (χ1v) is 6.80. The molecule has 0 atom stereocenters. The van der Waals surface area contributed by atoms with Gasteiger partial charge in [-0.2, -0.15) is 13.2 Å². The van der Waals surface area contributed by atoms with Crippen LogP contribution in [0.5, 0.6) is 0 Å². The number of nitrogens with one attached hydrogen (secondary N) is 1. The van der Waals surface area contributed by atoms with Crippen molar-refractivity contribution < 1.29 is 18.0 Å². The second kappa shape index (κ2) is 9.85. The number of hydrogen-bond donors (Lipinski definition) is 1. The van der Waals surface area contributed by atoms with Crippen LogP contribution in [0.2, 0.25) is 0 Å². The molecule has 2 rings (SSSR count). The quantitative estimate of drug-likeness (QED) is 0.880. The molecule has 1 heterocycles. The number of carbonyl (C=O) groups is 1. The van der Waals surface area contributed by atoms with Crippen LogP contribution in [0.1, 0.15) is 0 Å². The van der Waals surface area contributed by atoms with Gasteiger partial charge in [0.15, 0.2) is 0 Å². The lowest BCUT2D eigenvalue weighted by molar-refractivity contribution is -0.151. The first-order chi connectivity index (χ1) is 9.94. The second-order valence-electron chi connectivity index (χ2n) is 4.99. The molecule has 1 amide bonds. The summed E-state index contributed by atoms with van der Waals surface area (Å²) in [4.78, 5) is 14.9. The number of hydrogen-bond acceptors (Lipinski definition) is 3. The van der Waals surface area contributed by atoms with E-state index in [9.17, 15) is 18.0 Å². The summed E-state index contributed by atoms with van der Waals surface area (Å²) in [6, 6.07) is 9.32. The largest absolute Gasteiger partial charge is 0.401 e. The highest BCUT2D eigenvalue weighted by Gasteiger charge is 2.32. The molecule has 0 saturated carbocycles. The molecule has 4 nitrogen and oxygen atoms in total. The van der Waals surface area contributed by atoms with E-state index in [0.717, 1.165) is 5.69 Å². The van der Waals surface area contributed by atoms with Crippen molar-refractivity contribution in [1.82, 2.24) is 9.80 Å². The van der Waals surface area contributed by atoms with Crippen molar-refractivity contribution in [1.29, 1.82) is 0 Å². The fraction of sp³-hybridized carbons (Fsp3) is 0.500. The van der Waals surface area contributed by atoms with Gasteiger partial charge in [-0.1, -0.05) is 18.2 Å². The molecule has 0 aliphatic carbocycles. The Labute approximate surface area is 145 Å². The normalized spacial score (nSPS) is 15.3. The summed E-state index contributed by atoms with van der Waals surface area (Å²) in [6.45, 7) is 0.449. The van der Waals surface area contributed by atoms with Crippen molar-refractivity contribution in [2.75, 3.05) is 44.6 Å². The van der Waals surface area contributed by atoms with Crippen molar-refractivity contribution in [3.63, 3.8) is 0 Å². The number of anilines is 1. The zero-order valence-corrected chi connectivity index (χ0v) is 14.0. The molecule has 23 heavy (non-hydrogen) atoms. The van der Waals surface area contributed by atoms with Gasteiger partial charge in [-0.25, -0.2) is 0 Å². The molecule has 0 aromatic heterocycles. The first kappa shape index (κ1) is 21.8. The van der Waals surface area contributed by atoms with Gasteiger partial charge in [-0.15, -0.1) is 24.8 Å². The molecule has 9 heteroatoms. The lowest BCUT2D eigenvalue weighted by Crippen LogP contribution is -2.52. The first-order valence-electron chi connectivity index (χ1n) is 6.80. The van der Waals surface area contributed by atoms with Gasteiger partial charge in [-0.05, 0) is 12.1 Å². The maximum absolute atomic E-state index is 12.3. The van der Waals surface area contributed by atoms with Crippen LogP contribution in [-0.4, -0.2) is 61.2 Å². The van der Waals surface area contributed by atoms with Gasteiger partial charge >= 0.3 is 6.18 Å². The standard InChI is InChI=1S/C14H18F3N3O.2ClH/c15-14(16,17)11-19-6-8-20(9-7-19)13(21)10-18-12-4-2-1-3-5-12;;/h1-5,18H,6-11H2;2*1H. The van der Waals surface area contributed by atoms with Crippen molar-refractivity contribution in [2.24, 2.45) is 0 Å². The van der Waals surface area contributed by atoms with Gasteiger partial charge in [0.25, 0.3) is 0 Å². The predicted octanol–water partition coefficient (Wildman–Crippen LogP) is 2.65. The topological polar surface area (TPSA) is 35.6 Å². The number of benzene rings is 1. The Hall–Kier alpha value is -1.18. The summed E-state index contributed by atoms with van der Waals surface area (Å²) < 4.78 is 36.8. The maximum atomic E-state index is 12.3. The molecule has 1 aliphatic heterocycles. The predicted molar refractivity (Wildman–Crippen MR) is 88.5 cm³/mol. The van der Waals surface area contributed by atoms with E-state index in [1.54, 1.807) is 4.90 Å². The molecule has 0 unspecified atom stereocenters. The van der Waals surface area contributed by atoms with Crippen LogP contribution in [0.4, 0.5) is 18.9 Å². The summed E-state index contributed by atoms with van der Waals surface area (Å²) in [6.07, 6.45) is -4.18. The highest BCUT2D eigenvalue weighted by Crippen LogP contribution is 2.17. The van der Waals surface area contributed by atoms with E-state index in [4.69, 9.17) is 0 Å². The minimum Gasteiger partial charge on any atom is -0.376 e. The van der Waals surface area contributed by atoms with Gasteiger partial charge < -0.3 is 10.2 Å². The summed E-state index contributed by atoms with van der Waals surface area (Å²) in [5.74, 6) is -0.0921. The van der Waals surface area contributed by atoms with E-state index in [-0.39, 0.29) is 50.4 Å². The van der Waals surface area contributed by atoms with Crippen molar-refractivity contribution in [3.05, 3.63) is 30.3 Å². The molecule has 0 bridgehead atoms. The summed E-state index contributed by atoms with van der Waals surface area (Å²) in [5.41, 5.74) is 0.849. The molecular weight excluding hydrogens is 354 g/mol. The number of rotatable bonds is 4. The maximum Gasteiger partial charge on any atom is 0.401 e. The van der Waals surface area contributed by atoms with Crippen LogP contribution in [0.15, 0.2) is 30.3 Å². The van der Waals surface area contributed by atoms with Crippen LogP contribution in [0, 0.1) is 0 Å². The van der Waals surface area contributed by atoms with E-state index in [0.29, 0.717) is 13.1 Å². The second-order valence-corrected chi connectivity index (χ2v) is 4.99. The fourth-order valence-electron chi connectivity index (χ4n) is 2.25. The Morgan fingerprint density at radius 2 is 1.61 bits per heavy atom. The smallest absolute Gasteiger partial charge is 0.376 e. The SMILES string of the molecule is Cl.Cl.O=C(CNc1ccccc1)N1CCN(CC(F)(F)F)CC1. The van der Waals surface area contributed by atoms with Gasteiger partial charge in [-0.3, -0.25) is 9.69 Å². The number of alkyl halides is 3.